The number of amides is 2. The number of fused-ring (bicyclic) bond motifs is 4. The van der Waals surface area contributed by atoms with Crippen molar-refractivity contribution in [1.82, 2.24) is 0 Å². The van der Waals surface area contributed by atoms with E-state index in [1.165, 1.54) is 0 Å². The van der Waals surface area contributed by atoms with Crippen LogP contribution in [0.5, 0.6) is 0 Å². The lowest BCUT2D eigenvalue weighted by Gasteiger charge is -2.47. The third kappa shape index (κ3) is 6.37. The van der Waals surface area contributed by atoms with E-state index in [0.29, 0.717) is 45.8 Å². The molecule has 2 N–H and O–H groups in total. The van der Waals surface area contributed by atoms with Gasteiger partial charge in [0, 0.05) is 69.0 Å². The normalized spacial score (nSPS) is 27.1. The van der Waals surface area contributed by atoms with Crippen LogP contribution in [0.4, 0.5) is 11.4 Å². The van der Waals surface area contributed by atoms with E-state index in [1.54, 1.807) is 12.1 Å². The van der Waals surface area contributed by atoms with E-state index < -0.39 is 10.8 Å². The number of hydrogen-bond acceptors (Lipinski definition) is 4. The molecule has 0 saturated heterocycles. The molecular formula is C44H42Cl4N2O4. The summed E-state index contributed by atoms with van der Waals surface area (Å²) >= 11 is 24.8. The smallest absolute Gasteiger partial charge is 0.236 e. The number of ketones is 2. The fraction of sp³-hybridized carbons (Fsp3) is 0.364. The number of nitrogens with one attached hydrogen (secondary N) is 2. The molecule has 0 unspecified atom stereocenters. The van der Waals surface area contributed by atoms with E-state index in [0.717, 1.165) is 33.6 Å². The standard InChI is InChI=1S/2C22H21Cl2NO2/c2*1-12(2)18-10-16(26)11-19(13-4-3-5-14(23)8-13)22(18)17-7-6-15(24)9-20(17)25-21(22)27/h2*3-9,12,18-19H,10-11H2,1-2H3,(H,25,27)/t18-,19+,22-;18-,19-,22+/m10/s1. The van der Waals surface area contributed by atoms with E-state index in [9.17, 15) is 19.2 Å². The molecule has 2 spiro atoms. The van der Waals surface area contributed by atoms with Crippen molar-refractivity contribution in [3.8, 4) is 0 Å². The summed E-state index contributed by atoms with van der Waals surface area (Å²) in [5.74, 6) is -0.0626. The van der Waals surface area contributed by atoms with E-state index >= 15 is 0 Å². The van der Waals surface area contributed by atoms with Gasteiger partial charge in [-0.05, 0) is 94.5 Å². The lowest BCUT2D eigenvalue weighted by atomic mass is 9.53. The molecule has 10 heteroatoms. The number of benzene rings is 4. The Kier molecular flexibility index (Phi) is 10.5. The Morgan fingerprint density at radius 2 is 0.889 bits per heavy atom. The van der Waals surface area contributed by atoms with Crippen LogP contribution in [0, 0.1) is 23.7 Å². The minimum Gasteiger partial charge on any atom is -0.325 e. The zero-order chi connectivity index (χ0) is 38.7. The first-order valence-electron chi connectivity index (χ1n) is 18.4. The van der Waals surface area contributed by atoms with E-state index in [-0.39, 0.29) is 58.9 Å². The second-order valence-corrected chi connectivity index (χ2v) is 17.6. The Hall–Kier alpha value is -3.68. The van der Waals surface area contributed by atoms with Crippen molar-refractivity contribution in [2.45, 2.75) is 76.0 Å². The average molecular weight is 805 g/mol. The Morgan fingerprint density at radius 1 is 0.519 bits per heavy atom. The van der Waals surface area contributed by atoms with Gasteiger partial charge in [0.05, 0.1) is 10.8 Å². The lowest BCUT2D eigenvalue weighted by molar-refractivity contribution is -0.134. The van der Waals surface area contributed by atoms with Crippen molar-refractivity contribution < 1.29 is 19.2 Å². The van der Waals surface area contributed by atoms with Gasteiger partial charge in [0.2, 0.25) is 11.8 Å². The van der Waals surface area contributed by atoms with Gasteiger partial charge in [0.15, 0.2) is 0 Å². The van der Waals surface area contributed by atoms with Crippen LogP contribution < -0.4 is 10.6 Å². The minimum atomic E-state index is -0.799. The molecule has 2 aliphatic heterocycles. The molecule has 6 nitrogen and oxygen atoms in total. The predicted octanol–water partition coefficient (Wildman–Crippen LogP) is 11.2. The number of Topliss-reactive ketones (excluding diaryl/α,β-unsaturated/α-hetero) is 2. The fourth-order valence-electron chi connectivity index (χ4n) is 10.1. The Balaban J connectivity index is 0.000000167. The molecule has 0 bridgehead atoms. The zero-order valence-electron chi connectivity index (χ0n) is 30.5. The highest BCUT2D eigenvalue weighted by Gasteiger charge is 2.62. The minimum absolute atomic E-state index is 0.0454. The van der Waals surface area contributed by atoms with Crippen molar-refractivity contribution >= 4 is 81.2 Å². The first-order chi connectivity index (χ1) is 25.7. The lowest BCUT2D eigenvalue weighted by Crippen LogP contribution is -2.53. The topological polar surface area (TPSA) is 92.3 Å². The van der Waals surface area contributed by atoms with Gasteiger partial charge in [-0.25, -0.2) is 0 Å². The molecule has 2 fully saturated rings. The van der Waals surface area contributed by atoms with Crippen LogP contribution in [0.15, 0.2) is 84.9 Å². The summed E-state index contributed by atoms with van der Waals surface area (Å²) < 4.78 is 0. The van der Waals surface area contributed by atoms with Gasteiger partial charge in [-0.2, -0.15) is 0 Å². The number of carbonyl (C=O) groups is 4. The molecule has 4 aromatic rings. The van der Waals surface area contributed by atoms with Gasteiger partial charge in [0.1, 0.15) is 11.6 Å². The molecule has 0 aromatic heterocycles. The number of rotatable bonds is 4. The van der Waals surface area contributed by atoms with Gasteiger partial charge in [-0.1, -0.05) is 110 Å². The van der Waals surface area contributed by atoms with Gasteiger partial charge in [-0.15, -0.1) is 0 Å². The molecule has 8 rings (SSSR count). The second-order valence-electron chi connectivity index (χ2n) is 15.8. The Labute approximate surface area is 336 Å². The maximum atomic E-state index is 13.5. The third-order valence-electron chi connectivity index (χ3n) is 12.2. The maximum absolute atomic E-state index is 13.5. The summed E-state index contributed by atoms with van der Waals surface area (Å²) in [6.45, 7) is 8.34. The summed E-state index contributed by atoms with van der Waals surface area (Å²) in [7, 11) is 0. The fourth-order valence-corrected chi connectivity index (χ4v) is 10.8. The Morgan fingerprint density at radius 3 is 1.24 bits per heavy atom. The predicted molar refractivity (Wildman–Crippen MR) is 217 cm³/mol. The SMILES string of the molecule is CC(C)[C@@H]1CC(=O)C[C@@H](c2cccc(Cl)c2)[C@]12C(=O)Nc1cc(Cl)ccc12.CC(C)[C@H]1CC(=O)C[C@@H](c2cccc(Cl)c2)[C@]12C(=O)Nc1cc(Cl)ccc12. The van der Waals surface area contributed by atoms with Crippen LogP contribution in [-0.4, -0.2) is 23.4 Å². The highest BCUT2D eigenvalue weighted by atomic mass is 35.5. The first kappa shape index (κ1) is 38.6. The monoisotopic (exact) mass is 802 g/mol. The zero-order valence-corrected chi connectivity index (χ0v) is 33.5. The first-order valence-corrected chi connectivity index (χ1v) is 20.0. The van der Waals surface area contributed by atoms with Crippen molar-refractivity contribution in [2.75, 3.05) is 10.6 Å². The van der Waals surface area contributed by atoms with E-state index in [2.05, 4.69) is 38.3 Å². The van der Waals surface area contributed by atoms with Crippen LogP contribution in [0.3, 0.4) is 0 Å². The quantitative estimate of drug-likeness (QED) is 0.215. The van der Waals surface area contributed by atoms with E-state index in [1.807, 2.05) is 72.8 Å². The number of hydrogen-bond donors (Lipinski definition) is 2. The molecule has 2 heterocycles. The Bertz CT molecular complexity index is 2030. The summed E-state index contributed by atoms with van der Waals surface area (Å²) in [6.07, 6.45) is 1.48. The molecular weight excluding hydrogens is 762 g/mol. The molecule has 2 amide bonds. The molecule has 4 aliphatic rings. The summed E-state index contributed by atoms with van der Waals surface area (Å²) in [5.41, 5.74) is 3.64. The summed E-state index contributed by atoms with van der Waals surface area (Å²) in [4.78, 5) is 52.4. The second kappa shape index (κ2) is 14.8. The van der Waals surface area contributed by atoms with Crippen LogP contribution in [0.2, 0.25) is 20.1 Å². The average Bonchev–Trinajstić information content (AvgIpc) is 3.55. The highest BCUT2D eigenvalue weighted by molar-refractivity contribution is 6.32. The third-order valence-corrected chi connectivity index (χ3v) is 13.2. The molecule has 54 heavy (non-hydrogen) atoms. The van der Waals surface area contributed by atoms with Gasteiger partial charge < -0.3 is 10.6 Å². The van der Waals surface area contributed by atoms with Gasteiger partial charge in [0.25, 0.3) is 0 Å². The number of anilines is 2. The number of halogens is 4. The van der Waals surface area contributed by atoms with Crippen molar-refractivity contribution in [3.63, 3.8) is 0 Å². The summed E-state index contributed by atoms with van der Waals surface area (Å²) in [5, 5.41) is 8.47. The highest BCUT2D eigenvalue weighted by Crippen LogP contribution is 2.60. The van der Waals surface area contributed by atoms with Crippen molar-refractivity contribution in [1.29, 1.82) is 0 Å². The van der Waals surface area contributed by atoms with Crippen LogP contribution in [0.25, 0.3) is 0 Å². The van der Waals surface area contributed by atoms with Crippen LogP contribution in [0.1, 0.15) is 87.5 Å². The molecule has 2 aliphatic carbocycles. The molecule has 280 valence electrons. The number of carbonyl (C=O) groups excluding carboxylic acids is 4. The molecule has 4 aromatic carbocycles. The molecule has 0 radical (unpaired) electrons. The molecule has 6 atom stereocenters. The van der Waals surface area contributed by atoms with Gasteiger partial charge >= 0.3 is 0 Å². The van der Waals surface area contributed by atoms with Crippen molar-refractivity contribution in [2.24, 2.45) is 23.7 Å². The van der Waals surface area contributed by atoms with Gasteiger partial charge in [-0.3, -0.25) is 19.2 Å². The van der Waals surface area contributed by atoms with Crippen molar-refractivity contribution in [3.05, 3.63) is 127 Å². The van der Waals surface area contributed by atoms with E-state index in [4.69, 9.17) is 46.4 Å². The van der Waals surface area contributed by atoms with Crippen LogP contribution >= 0.6 is 46.4 Å². The molecule has 2 saturated carbocycles. The maximum Gasteiger partial charge on any atom is 0.236 e. The van der Waals surface area contributed by atoms with Crippen LogP contribution in [-0.2, 0) is 30.0 Å². The summed E-state index contributed by atoms with van der Waals surface area (Å²) in [6, 6.07) is 26.2. The largest absolute Gasteiger partial charge is 0.325 e.